The summed E-state index contributed by atoms with van der Waals surface area (Å²) in [4.78, 5) is 4.17. The van der Waals surface area contributed by atoms with E-state index in [1.54, 1.807) is 12.1 Å². The lowest BCUT2D eigenvalue weighted by atomic mass is 10.1. The Kier molecular flexibility index (Phi) is 2.44. The molecule has 16 heavy (non-hydrogen) atoms. The van der Waals surface area contributed by atoms with Crippen LogP contribution in [0, 0.1) is 18.2 Å². The van der Waals surface area contributed by atoms with E-state index in [2.05, 4.69) is 10.3 Å². The molecule has 4 N–H and O–H groups in total. The molecule has 0 amide bonds. The Labute approximate surface area is 91.8 Å². The number of benzene rings is 1. The predicted molar refractivity (Wildman–Crippen MR) is 62.0 cm³/mol. The highest BCUT2D eigenvalue weighted by atomic mass is 19.1. The predicted octanol–water partition coefficient (Wildman–Crippen LogP) is 1.99. The summed E-state index contributed by atoms with van der Waals surface area (Å²) in [5.41, 5.74) is 6.70. The van der Waals surface area contributed by atoms with Gasteiger partial charge in [-0.2, -0.15) is 0 Å². The van der Waals surface area contributed by atoms with Crippen molar-refractivity contribution in [2.24, 2.45) is 5.73 Å². The summed E-state index contributed by atoms with van der Waals surface area (Å²) in [5.74, 6) is -0.0786. The number of halogens is 1. The second-order valence-corrected chi connectivity index (χ2v) is 3.52. The number of nitrogens with two attached hydrogens (primary N) is 1. The molecule has 0 spiro atoms. The van der Waals surface area contributed by atoms with Crippen molar-refractivity contribution in [2.45, 2.75) is 6.92 Å². The molecule has 0 aliphatic heterocycles. The first-order valence-electron chi connectivity index (χ1n) is 4.74. The van der Waals surface area contributed by atoms with Gasteiger partial charge in [0, 0.05) is 11.5 Å². The Morgan fingerprint density at radius 3 is 2.88 bits per heavy atom. The fourth-order valence-electron chi connectivity index (χ4n) is 1.58. The normalized spacial score (nSPS) is 10.4. The van der Waals surface area contributed by atoms with E-state index in [4.69, 9.17) is 11.1 Å². The Morgan fingerprint density at radius 1 is 1.44 bits per heavy atom. The van der Waals surface area contributed by atoms with Crippen LogP contribution in [0.15, 0.2) is 24.3 Å². The molecule has 0 fully saturated rings. The maximum atomic E-state index is 13.0. The first-order chi connectivity index (χ1) is 7.56. The highest BCUT2D eigenvalue weighted by molar-refractivity contribution is 5.91. The van der Waals surface area contributed by atoms with Crippen molar-refractivity contribution < 1.29 is 4.39 Å². The number of fused-ring (bicyclic) bond motifs is 1. The van der Waals surface area contributed by atoms with Crippen molar-refractivity contribution in [3.8, 4) is 0 Å². The third-order valence-electron chi connectivity index (χ3n) is 2.24. The third-order valence-corrected chi connectivity index (χ3v) is 2.24. The van der Waals surface area contributed by atoms with Crippen LogP contribution >= 0.6 is 0 Å². The van der Waals surface area contributed by atoms with Gasteiger partial charge in [-0.15, -0.1) is 0 Å². The number of rotatable bonds is 1. The van der Waals surface area contributed by atoms with E-state index in [1.165, 1.54) is 12.1 Å². The van der Waals surface area contributed by atoms with Crippen molar-refractivity contribution in [1.82, 2.24) is 4.98 Å². The summed E-state index contributed by atoms with van der Waals surface area (Å²) >= 11 is 0. The molecule has 0 aliphatic rings. The van der Waals surface area contributed by atoms with Gasteiger partial charge in [-0.3, -0.25) is 5.41 Å². The minimum absolute atomic E-state index is 0.192. The molecule has 2 aromatic rings. The summed E-state index contributed by atoms with van der Waals surface area (Å²) in [6.07, 6.45) is 0. The molecule has 2 rings (SSSR count). The molecule has 82 valence electrons. The van der Waals surface area contributed by atoms with Crippen LogP contribution in [0.4, 0.5) is 10.2 Å². The average molecular weight is 218 g/mol. The molecular formula is C11H11FN4. The number of aryl methyl sites for hydroxylation is 1. The zero-order valence-electron chi connectivity index (χ0n) is 8.71. The van der Waals surface area contributed by atoms with Gasteiger partial charge in [0.15, 0.2) is 5.96 Å². The number of hydrogen-bond donors (Lipinski definition) is 3. The quantitative estimate of drug-likeness (QED) is 0.506. The minimum atomic E-state index is -0.334. The molecule has 0 bridgehead atoms. The van der Waals surface area contributed by atoms with Crippen molar-refractivity contribution in [3.63, 3.8) is 0 Å². The molecule has 0 saturated carbocycles. The Morgan fingerprint density at radius 2 is 2.19 bits per heavy atom. The van der Waals surface area contributed by atoms with Crippen LogP contribution in [0.3, 0.4) is 0 Å². The summed E-state index contributed by atoms with van der Waals surface area (Å²) < 4.78 is 13.0. The maximum absolute atomic E-state index is 13.0. The van der Waals surface area contributed by atoms with Gasteiger partial charge in [-0.05, 0) is 30.7 Å². The van der Waals surface area contributed by atoms with E-state index >= 15 is 0 Å². The van der Waals surface area contributed by atoms with Gasteiger partial charge in [0.05, 0.1) is 5.52 Å². The van der Waals surface area contributed by atoms with E-state index in [0.717, 1.165) is 10.9 Å². The lowest BCUT2D eigenvalue weighted by molar-refractivity contribution is 0.629. The molecular weight excluding hydrogens is 207 g/mol. The van der Waals surface area contributed by atoms with E-state index in [0.29, 0.717) is 11.3 Å². The van der Waals surface area contributed by atoms with Gasteiger partial charge in [0.1, 0.15) is 11.6 Å². The lowest BCUT2D eigenvalue weighted by Gasteiger charge is -2.07. The maximum Gasteiger partial charge on any atom is 0.191 e. The average Bonchev–Trinajstić information content (AvgIpc) is 2.15. The zero-order valence-corrected chi connectivity index (χ0v) is 8.71. The summed E-state index contributed by atoms with van der Waals surface area (Å²) in [7, 11) is 0. The largest absolute Gasteiger partial charge is 0.370 e. The number of aromatic nitrogens is 1. The molecule has 0 saturated heterocycles. The van der Waals surface area contributed by atoms with Crippen LogP contribution in [-0.2, 0) is 0 Å². The fourth-order valence-corrected chi connectivity index (χ4v) is 1.58. The molecule has 1 heterocycles. The molecule has 0 unspecified atom stereocenters. The van der Waals surface area contributed by atoms with Crippen LogP contribution in [0.1, 0.15) is 5.56 Å². The van der Waals surface area contributed by atoms with Crippen LogP contribution in [0.25, 0.3) is 10.9 Å². The summed E-state index contributed by atoms with van der Waals surface area (Å²) in [5, 5.41) is 10.6. The van der Waals surface area contributed by atoms with E-state index < -0.39 is 0 Å². The molecule has 0 atom stereocenters. The molecule has 1 aromatic carbocycles. The molecule has 0 radical (unpaired) electrons. The van der Waals surface area contributed by atoms with Gasteiger partial charge in [-0.1, -0.05) is 0 Å². The van der Waals surface area contributed by atoms with Crippen LogP contribution < -0.4 is 11.1 Å². The highest BCUT2D eigenvalue weighted by Gasteiger charge is 2.04. The first-order valence-corrected chi connectivity index (χ1v) is 4.74. The number of guanidine groups is 1. The van der Waals surface area contributed by atoms with Gasteiger partial charge < -0.3 is 11.1 Å². The lowest BCUT2D eigenvalue weighted by Crippen LogP contribution is -2.21. The van der Waals surface area contributed by atoms with E-state index in [1.807, 2.05) is 6.92 Å². The third kappa shape index (κ3) is 1.93. The summed E-state index contributed by atoms with van der Waals surface area (Å²) in [6.45, 7) is 1.90. The minimum Gasteiger partial charge on any atom is -0.370 e. The second-order valence-electron chi connectivity index (χ2n) is 3.52. The monoisotopic (exact) mass is 218 g/mol. The van der Waals surface area contributed by atoms with Crippen LogP contribution in [-0.4, -0.2) is 10.9 Å². The first kappa shape index (κ1) is 10.4. The standard InChI is InChI=1S/C11H11FN4/c1-6-4-10(16-11(13)14)15-9-5-7(12)2-3-8(6)9/h2-5H,1H3,(H4,13,14,15,16). The van der Waals surface area contributed by atoms with Gasteiger partial charge in [0.25, 0.3) is 0 Å². The van der Waals surface area contributed by atoms with Crippen LogP contribution in [0.5, 0.6) is 0 Å². The number of pyridine rings is 1. The van der Waals surface area contributed by atoms with Gasteiger partial charge in [0.2, 0.25) is 0 Å². The fraction of sp³-hybridized carbons (Fsp3) is 0.0909. The smallest absolute Gasteiger partial charge is 0.191 e. The Hall–Kier alpha value is -2.17. The van der Waals surface area contributed by atoms with E-state index in [9.17, 15) is 4.39 Å². The van der Waals surface area contributed by atoms with Gasteiger partial charge in [-0.25, -0.2) is 9.37 Å². The second kappa shape index (κ2) is 3.77. The van der Waals surface area contributed by atoms with Crippen molar-refractivity contribution >= 4 is 22.7 Å². The van der Waals surface area contributed by atoms with E-state index in [-0.39, 0.29) is 11.8 Å². The van der Waals surface area contributed by atoms with Crippen molar-refractivity contribution in [3.05, 3.63) is 35.6 Å². The molecule has 4 nitrogen and oxygen atoms in total. The number of nitrogens with zero attached hydrogens (tertiary/aromatic N) is 1. The molecule has 1 aromatic heterocycles. The topological polar surface area (TPSA) is 74.8 Å². The molecule has 5 heteroatoms. The molecule has 0 aliphatic carbocycles. The highest BCUT2D eigenvalue weighted by Crippen LogP contribution is 2.20. The SMILES string of the molecule is Cc1cc(NC(=N)N)nc2cc(F)ccc12. The number of anilines is 1. The summed E-state index contributed by atoms with van der Waals surface area (Å²) in [6, 6.07) is 6.20. The zero-order chi connectivity index (χ0) is 11.7. The number of hydrogen-bond acceptors (Lipinski definition) is 2. The number of nitrogens with one attached hydrogen (secondary N) is 2. The Bertz CT molecular complexity index is 565. The van der Waals surface area contributed by atoms with Crippen LogP contribution in [0.2, 0.25) is 0 Å². The van der Waals surface area contributed by atoms with Crippen molar-refractivity contribution in [2.75, 3.05) is 5.32 Å². The van der Waals surface area contributed by atoms with Gasteiger partial charge >= 0.3 is 0 Å². The van der Waals surface area contributed by atoms with Crippen molar-refractivity contribution in [1.29, 1.82) is 5.41 Å². The Balaban J connectivity index is 2.60.